The number of nitrogens with one attached hydrogen (secondary N) is 2. The molecule has 1 heterocycles. The number of hydrogen-bond acceptors (Lipinski definition) is 5. The molecule has 0 bridgehead atoms. The zero-order valence-electron chi connectivity index (χ0n) is 21.6. The van der Waals surface area contributed by atoms with E-state index in [1.807, 2.05) is 60.7 Å². The van der Waals surface area contributed by atoms with Crippen LogP contribution < -0.4 is 20.1 Å². The first kappa shape index (κ1) is 26.2. The van der Waals surface area contributed by atoms with E-state index in [4.69, 9.17) is 9.47 Å². The molecule has 7 heteroatoms. The SMILES string of the molecule is O=C(Cc1cccc(CC(=O)Nc2ccc(Oc3ccccc3)cc2)n1)Nc1ccc(Oc2ccccc2)cc1. The fourth-order valence-corrected chi connectivity index (χ4v) is 3.93. The number of amides is 2. The highest BCUT2D eigenvalue weighted by atomic mass is 16.5. The predicted octanol–water partition coefficient (Wildman–Crippen LogP) is 7.03. The lowest BCUT2D eigenvalue weighted by atomic mass is 10.2. The van der Waals surface area contributed by atoms with Crippen molar-refractivity contribution in [3.05, 3.63) is 139 Å². The Bertz CT molecular complexity index is 1440. The summed E-state index contributed by atoms with van der Waals surface area (Å²) in [4.78, 5) is 29.7. The van der Waals surface area contributed by atoms with E-state index < -0.39 is 0 Å². The molecule has 2 N–H and O–H groups in total. The molecule has 40 heavy (non-hydrogen) atoms. The molecule has 0 saturated heterocycles. The molecule has 2 amide bonds. The molecule has 0 spiro atoms. The molecule has 0 unspecified atom stereocenters. The summed E-state index contributed by atoms with van der Waals surface area (Å²) >= 11 is 0. The van der Waals surface area contributed by atoms with Crippen molar-refractivity contribution >= 4 is 23.2 Å². The molecule has 0 aliphatic heterocycles. The van der Waals surface area contributed by atoms with Gasteiger partial charge < -0.3 is 20.1 Å². The molecule has 0 aliphatic carbocycles. The van der Waals surface area contributed by atoms with E-state index in [2.05, 4.69) is 15.6 Å². The Kier molecular flexibility index (Phi) is 8.44. The molecule has 4 aromatic carbocycles. The van der Waals surface area contributed by atoms with Crippen LogP contribution in [0.5, 0.6) is 23.0 Å². The highest BCUT2D eigenvalue weighted by molar-refractivity contribution is 5.93. The lowest BCUT2D eigenvalue weighted by molar-refractivity contribution is -0.116. The Labute approximate surface area is 232 Å². The van der Waals surface area contributed by atoms with Crippen LogP contribution in [0.2, 0.25) is 0 Å². The first-order valence-corrected chi connectivity index (χ1v) is 12.8. The van der Waals surface area contributed by atoms with Crippen LogP contribution in [0, 0.1) is 0 Å². The predicted molar refractivity (Wildman–Crippen MR) is 155 cm³/mol. The minimum atomic E-state index is -0.205. The van der Waals surface area contributed by atoms with Gasteiger partial charge in [-0.25, -0.2) is 0 Å². The number of benzene rings is 4. The largest absolute Gasteiger partial charge is 0.457 e. The van der Waals surface area contributed by atoms with Gasteiger partial charge in [0.15, 0.2) is 0 Å². The third-order valence-corrected chi connectivity index (χ3v) is 5.78. The number of carbonyl (C=O) groups excluding carboxylic acids is 2. The molecule has 7 nitrogen and oxygen atoms in total. The van der Waals surface area contributed by atoms with Gasteiger partial charge in [0.05, 0.1) is 24.2 Å². The van der Waals surface area contributed by atoms with Crippen molar-refractivity contribution in [2.75, 3.05) is 10.6 Å². The van der Waals surface area contributed by atoms with Crippen LogP contribution in [0.1, 0.15) is 11.4 Å². The standard InChI is InChI=1S/C33H27N3O4/c37-32(35-24-14-18-30(19-15-24)39-28-10-3-1-4-11-28)22-26-8-7-9-27(34-26)23-33(38)36-25-16-20-31(21-17-25)40-29-12-5-2-6-13-29/h1-21H,22-23H2,(H,35,37)(H,36,38). The number of ether oxygens (including phenoxy) is 2. The Morgan fingerprint density at radius 3 is 1.25 bits per heavy atom. The molecule has 0 aliphatic rings. The van der Waals surface area contributed by atoms with Crippen molar-refractivity contribution in [2.45, 2.75) is 12.8 Å². The number of anilines is 2. The summed E-state index contributed by atoms with van der Waals surface area (Å²) < 4.78 is 11.6. The van der Waals surface area contributed by atoms with Gasteiger partial charge in [-0.1, -0.05) is 42.5 Å². The highest BCUT2D eigenvalue weighted by Crippen LogP contribution is 2.24. The van der Waals surface area contributed by atoms with Gasteiger partial charge in [0, 0.05) is 11.4 Å². The molecular weight excluding hydrogens is 502 g/mol. The van der Waals surface area contributed by atoms with E-state index in [9.17, 15) is 9.59 Å². The van der Waals surface area contributed by atoms with Gasteiger partial charge in [-0.05, 0) is 84.9 Å². The van der Waals surface area contributed by atoms with Crippen LogP contribution in [0.4, 0.5) is 11.4 Å². The minimum absolute atomic E-state index is 0.0839. The molecule has 1 aromatic heterocycles. The van der Waals surface area contributed by atoms with Crippen LogP contribution in [0.15, 0.2) is 127 Å². The number of nitrogens with zero attached hydrogens (tertiary/aromatic N) is 1. The second-order valence-corrected chi connectivity index (χ2v) is 8.95. The van der Waals surface area contributed by atoms with E-state index in [0.717, 1.165) is 11.5 Å². The maximum absolute atomic E-state index is 12.6. The van der Waals surface area contributed by atoms with Crippen LogP contribution in [-0.4, -0.2) is 16.8 Å². The Balaban J connectivity index is 1.10. The molecule has 0 radical (unpaired) electrons. The van der Waals surface area contributed by atoms with E-state index in [0.29, 0.717) is 34.3 Å². The van der Waals surface area contributed by atoms with Gasteiger partial charge >= 0.3 is 0 Å². The summed E-state index contributed by atoms with van der Waals surface area (Å²) in [6, 6.07) is 38.6. The van der Waals surface area contributed by atoms with Crippen molar-refractivity contribution < 1.29 is 19.1 Å². The van der Waals surface area contributed by atoms with Crippen LogP contribution in [-0.2, 0) is 22.4 Å². The normalized spacial score (nSPS) is 10.4. The first-order valence-electron chi connectivity index (χ1n) is 12.8. The van der Waals surface area contributed by atoms with Gasteiger partial charge in [0.2, 0.25) is 11.8 Å². The maximum atomic E-state index is 12.6. The average molecular weight is 530 g/mol. The summed E-state index contributed by atoms with van der Waals surface area (Å²) in [7, 11) is 0. The fraction of sp³-hybridized carbons (Fsp3) is 0.0606. The Morgan fingerprint density at radius 2 is 0.850 bits per heavy atom. The summed E-state index contributed by atoms with van der Waals surface area (Å²) in [5.41, 5.74) is 2.46. The monoisotopic (exact) mass is 529 g/mol. The Morgan fingerprint density at radius 1 is 0.475 bits per heavy atom. The maximum Gasteiger partial charge on any atom is 0.230 e. The minimum Gasteiger partial charge on any atom is -0.457 e. The zero-order chi connectivity index (χ0) is 27.6. The van der Waals surface area contributed by atoms with Gasteiger partial charge in [-0.3, -0.25) is 14.6 Å². The topological polar surface area (TPSA) is 89.6 Å². The van der Waals surface area contributed by atoms with Crippen molar-refractivity contribution in [1.29, 1.82) is 0 Å². The van der Waals surface area contributed by atoms with Gasteiger partial charge in [-0.15, -0.1) is 0 Å². The number of para-hydroxylation sites is 2. The third kappa shape index (κ3) is 7.79. The summed E-state index contributed by atoms with van der Waals surface area (Å²) in [6.07, 6.45) is 0.168. The molecule has 5 aromatic rings. The van der Waals surface area contributed by atoms with E-state index in [-0.39, 0.29) is 24.7 Å². The van der Waals surface area contributed by atoms with Crippen molar-refractivity contribution in [3.63, 3.8) is 0 Å². The lowest BCUT2D eigenvalue weighted by Gasteiger charge is -2.09. The van der Waals surface area contributed by atoms with Crippen LogP contribution in [0.25, 0.3) is 0 Å². The second-order valence-electron chi connectivity index (χ2n) is 8.95. The number of rotatable bonds is 10. The van der Waals surface area contributed by atoms with E-state index in [1.54, 1.807) is 66.7 Å². The van der Waals surface area contributed by atoms with Crippen LogP contribution >= 0.6 is 0 Å². The van der Waals surface area contributed by atoms with E-state index in [1.165, 1.54) is 0 Å². The molecule has 0 fully saturated rings. The molecule has 198 valence electrons. The van der Waals surface area contributed by atoms with Crippen LogP contribution in [0.3, 0.4) is 0 Å². The van der Waals surface area contributed by atoms with Gasteiger partial charge in [-0.2, -0.15) is 0 Å². The zero-order valence-corrected chi connectivity index (χ0v) is 21.6. The fourth-order valence-electron chi connectivity index (χ4n) is 3.93. The van der Waals surface area contributed by atoms with Gasteiger partial charge in [0.1, 0.15) is 23.0 Å². The molecule has 0 atom stereocenters. The van der Waals surface area contributed by atoms with Gasteiger partial charge in [0.25, 0.3) is 0 Å². The number of carbonyl (C=O) groups is 2. The number of aromatic nitrogens is 1. The summed E-state index contributed by atoms with van der Waals surface area (Å²) in [6.45, 7) is 0. The summed E-state index contributed by atoms with van der Waals surface area (Å²) in [5, 5.41) is 5.74. The highest BCUT2D eigenvalue weighted by Gasteiger charge is 2.10. The Hall–Kier alpha value is -5.43. The number of pyridine rings is 1. The molecular formula is C33H27N3O4. The van der Waals surface area contributed by atoms with Crippen molar-refractivity contribution in [3.8, 4) is 23.0 Å². The van der Waals surface area contributed by atoms with Crippen molar-refractivity contribution in [1.82, 2.24) is 4.98 Å². The summed E-state index contributed by atoms with van der Waals surface area (Å²) in [5.74, 6) is 2.42. The average Bonchev–Trinajstić information content (AvgIpc) is 2.96. The lowest BCUT2D eigenvalue weighted by Crippen LogP contribution is -2.17. The van der Waals surface area contributed by atoms with Crippen molar-refractivity contribution in [2.24, 2.45) is 0 Å². The number of hydrogen-bond donors (Lipinski definition) is 2. The molecule has 5 rings (SSSR count). The second kappa shape index (κ2) is 12.9. The first-order chi connectivity index (χ1) is 19.6. The molecule has 0 saturated carbocycles. The third-order valence-electron chi connectivity index (χ3n) is 5.78. The smallest absolute Gasteiger partial charge is 0.230 e. The quantitative estimate of drug-likeness (QED) is 0.203. The van der Waals surface area contributed by atoms with E-state index >= 15 is 0 Å².